The SMILES string of the molecule is CCc1nc(CCNC(=O)C2CCC(N)C2)cs1. The number of carbonyl (C=O) groups is 1. The summed E-state index contributed by atoms with van der Waals surface area (Å²) in [6.45, 7) is 2.78. The van der Waals surface area contributed by atoms with E-state index < -0.39 is 0 Å². The second kappa shape index (κ2) is 6.29. The monoisotopic (exact) mass is 267 g/mol. The Kier molecular flexibility index (Phi) is 4.72. The first-order valence-corrected chi connectivity index (χ1v) is 7.53. The quantitative estimate of drug-likeness (QED) is 0.849. The molecule has 5 heteroatoms. The van der Waals surface area contributed by atoms with Gasteiger partial charge in [-0.2, -0.15) is 0 Å². The molecule has 0 aliphatic heterocycles. The van der Waals surface area contributed by atoms with Gasteiger partial charge in [0.25, 0.3) is 0 Å². The Labute approximate surface area is 112 Å². The number of nitrogens with one attached hydrogen (secondary N) is 1. The molecule has 1 aliphatic carbocycles. The third-order valence-electron chi connectivity index (χ3n) is 3.43. The minimum atomic E-state index is 0.127. The van der Waals surface area contributed by atoms with Gasteiger partial charge in [0, 0.05) is 30.3 Å². The molecule has 1 aromatic rings. The maximum atomic E-state index is 11.9. The molecule has 0 spiro atoms. The van der Waals surface area contributed by atoms with E-state index in [-0.39, 0.29) is 17.9 Å². The Hall–Kier alpha value is -0.940. The predicted molar refractivity (Wildman–Crippen MR) is 73.5 cm³/mol. The molecule has 3 N–H and O–H groups in total. The molecule has 2 atom stereocenters. The lowest BCUT2D eigenvalue weighted by molar-refractivity contribution is -0.124. The largest absolute Gasteiger partial charge is 0.355 e. The van der Waals surface area contributed by atoms with Crippen molar-refractivity contribution < 1.29 is 4.79 Å². The molecule has 1 aromatic heterocycles. The number of hydrogen-bond donors (Lipinski definition) is 2. The van der Waals surface area contributed by atoms with Gasteiger partial charge in [0.05, 0.1) is 10.7 Å². The van der Waals surface area contributed by atoms with Gasteiger partial charge in [0.2, 0.25) is 5.91 Å². The second-order valence-corrected chi connectivity index (χ2v) is 5.84. The second-order valence-electron chi connectivity index (χ2n) is 4.90. The van der Waals surface area contributed by atoms with Gasteiger partial charge in [0.1, 0.15) is 0 Å². The maximum Gasteiger partial charge on any atom is 0.223 e. The van der Waals surface area contributed by atoms with Gasteiger partial charge < -0.3 is 11.1 Å². The van der Waals surface area contributed by atoms with Crippen LogP contribution in [-0.2, 0) is 17.6 Å². The smallest absolute Gasteiger partial charge is 0.223 e. The van der Waals surface area contributed by atoms with E-state index in [4.69, 9.17) is 5.73 Å². The van der Waals surface area contributed by atoms with Crippen molar-refractivity contribution in [1.29, 1.82) is 0 Å². The summed E-state index contributed by atoms with van der Waals surface area (Å²) >= 11 is 1.69. The number of nitrogens with zero attached hydrogens (tertiary/aromatic N) is 1. The van der Waals surface area contributed by atoms with Crippen molar-refractivity contribution in [3.05, 3.63) is 16.1 Å². The first-order chi connectivity index (χ1) is 8.69. The summed E-state index contributed by atoms with van der Waals surface area (Å²) in [7, 11) is 0. The Morgan fingerprint density at radius 1 is 1.61 bits per heavy atom. The van der Waals surface area contributed by atoms with Crippen molar-refractivity contribution >= 4 is 17.2 Å². The molecule has 1 heterocycles. The van der Waals surface area contributed by atoms with Gasteiger partial charge in [-0.15, -0.1) is 11.3 Å². The molecule has 1 amide bonds. The molecule has 2 rings (SSSR count). The fraction of sp³-hybridized carbons (Fsp3) is 0.692. The van der Waals surface area contributed by atoms with Gasteiger partial charge in [-0.25, -0.2) is 4.98 Å². The van der Waals surface area contributed by atoms with Crippen LogP contribution in [0.3, 0.4) is 0 Å². The molecule has 18 heavy (non-hydrogen) atoms. The van der Waals surface area contributed by atoms with Gasteiger partial charge in [0.15, 0.2) is 0 Å². The van der Waals surface area contributed by atoms with Crippen molar-refractivity contribution in [2.75, 3.05) is 6.54 Å². The van der Waals surface area contributed by atoms with Crippen LogP contribution in [0.25, 0.3) is 0 Å². The summed E-state index contributed by atoms with van der Waals surface area (Å²) in [5.74, 6) is 0.288. The Morgan fingerprint density at radius 3 is 3.06 bits per heavy atom. The lowest BCUT2D eigenvalue weighted by atomic mass is 10.1. The van der Waals surface area contributed by atoms with E-state index >= 15 is 0 Å². The van der Waals surface area contributed by atoms with Crippen LogP contribution in [0.2, 0.25) is 0 Å². The van der Waals surface area contributed by atoms with Crippen molar-refractivity contribution in [1.82, 2.24) is 10.3 Å². The van der Waals surface area contributed by atoms with Gasteiger partial charge >= 0.3 is 0 Å². The number of rotatable bonds is 5. The number of hydrogen-bond acceptors (Lipinski definition) is 4. The third kappa shape index (κ3) is 3.53. The number of aromatic nitrogens is 1. The van der Waals surface area contributed by atoms with E-state index in [1.165, 1.54) is 0 Å². The van der Waals surface area contributed by atoms with E-state index in [2.05, 4.69) is 22.6 Å². The third-order valence-corrected chi connectivity index (χ3v) is 4.47. The minimum absolute atomic E-state index is 0.127. The molecule has 2 unspecified atom stereocenters. The first-order valence-electron chi connectivity index (χ1n) is 6.65. The summed E-state index contributed by atoms with van der Waals surface area (Å²) in [5, 5.41) is 6.24. The molecule has 1 saturated carbocycles. The van der Waals surface area contributed by atoms with Crippen LogP contribution >= 0.6 is 11.3 Å². The fourth-order valence-electron chi connectivity index (χ4n) is 2.34. The van der Waals surface area contributed by atoms with Crippen LogP contribution in [0, 0.1) is 5.92 Å². The van der Waals surface area contributed by atoms with Crippen molar-refractivity contribution in [3.8, 4) is 0 Å². The number of aryl methyl sites for hydroxylation is 1. The van der Waals surface area contributed by atoms with E-state index in [0.29, 0.717) is 6.54 Å². The molecule has 0 aromatic carbocycles. The predicted octanol–water partition coefficient (Wildman–Crippen LogP) is 1.49. The highest BCUT2D eigenvalue weighted by Crippen LogP contribution is 2.23. The van der Waals surface area contributed by atoms with Gasteiger partial charge in [-0.1, -0.05) is 6.92 Å². The van der Waals surface area contributed by atoms with Crippen LogP contribution in [0.15, 0.2) is 5.38 Å². The normalized spacial score (nSPS) is 23.2. The highest BCUT2D eigenvalue weighted by molar-refractivity contribution is 7.09. The molecular weight excluding hydrogens is 246 g/mol. The number of nitrogens with two attached hydrogens (primary N) is 1. The van der Waals surface area contributed by atoms with Crippen LogP contribution < -0.4 is 11.1 Å². The summed E-state index contributed by atoms with van der Waals surface area (Å²) < 4.78 is 0. The molecule has 1 aliphatic rings. The molecular formula is C13H21N3OS. The first kappa shape index (κ1) is 13.5. The zero-order chi connectivity index (χ0) is 13.0. The number of carbonyl (C=O) groups excluding carboxylic acids is 1. The Morgan fingerprint density at radius 2 is 2.44 bits per heavy atom. The molecule has 100 valence electrons. The van der Waals surface area contributed by atoms with Crippen molar-refractivity contribution in [2.24, 2.45) is 11.7 Å². The summed E-state index contributed by atoms with van der Waals surface area (Å²) in [6.07, 6.45) is 4.55. The zero-order valence-corrected chi connectivity index (χ0v) is 11.6. The van der Waals surface area contributed by atoms with Crippen LogP contribution in [0.1, 0.15) is 36.9 Å². The summed E-state index contributed by atoms with van der Waals surface area (Å²) in [4.78, 5) is 16.3. The lowest BCUT2D eigenvalue weighted by Gasteiger charge is -2.09. The lowest BCUT2D eigenvalue weighted by Crippen LogP contribution is -2.32. The zero-order valence-electron chi connectivity index (χ0n) is 10.8. The topological polar surface area (TPSA) is 68.0 Å². The highest BCUT2D eigenvalue weighted by Gasteiger charge is 2.27. The minimum Gasteiger partial charge on any atom is -0.355 e. The van der Waals surface area contributed by atoms with Crippen molar-refractivity contribution in [3.63, 3.8) is 0 Å². The molecule has 1 fully saturated rings. The van der Waals surface area contributed by atoms with Crippen LogP contribution in [0.5, 0.6) is 0 Å². The Bertz CT molecular complexity index is 405. The van der Waals surface area contributed by atoms with Gasteiger partial charge in [-0.05, 0) is 25.7 Å². The maximum absolute atomic E-state index is 11.9. The number of thiazole rings is 1. The van der Waals surface area contributed by atoms with E-state index in [9.17, 15) is 4.79 Å². The summed E-state index contributed by atoms with van der Waals surface area (Å²) in [6, 6.07) is 0.214. The van der Waals surface area contributed by atoms with E-state index in [1.54, 1.807) is 11.3 Å². The van der Waals surface area contributed by atoms with Crippen LogP contribution in [-0.4, -0.2) is 23.5 Å². The van der Waals surface area contributed by atoms with Gasteiger partial charge in [-0.3, -0.25) is 4.79 Å². The standard InChI is InChI=1S/C13H21N3OS/c1-2-12-16-11(8-18-12)5-6-15-13(17)9-3-4-10(14)7-9/h8-10H,2-7,14H2,1H3,(H,15,17). The van der Waals surface area contributed by atoms with E-state index in [1.807, 2.05) is 0 Å². The molecule has 0 radical (unpaired) electrons. The average molecular weight is 267 g/mol. The highest BCUT2D eigenvalue weighted by atomic mass is 32.1. The Balaban J connectivity index is 1.70. The van der Waals surface area contributed by atoms with Crippen LogP contribution in [0.4, 0.5) is 0 Å². The number of amides is 1. The fourth-order valence-corrected chi connectivity index (χ4v) is 3.12. The van der Waals surface area contributed by atoms with Crippen molar-refractivity contribution in [2.45, 2.75) is 45.1 Å². The molecule has 0 saturated heterocycles. The van der Waals surface area contributed by atoms with E-state index in [0.717, 1.165) is 42.8 Å². The average Bonchev–Trinajstić information content (AvgIpc) is 2.98. The molecule has 0 bridgehead atoms. The summed E-state index contributed by atoms with van der Waals surface area (Å²) in [5.41, 5.74) is 6.90. The molecule has 4 nitrogen and oxygen atoms in total.